The summed E-state index contributed by atoms with van der Waals surface area (Å²) in [5.74, 6) is 0.652. The van der Waals surface area contributed by atoms with E-state index in [9.17, 15) is 4.79 Å². The number of ether oxygens (including phenoxy) is 1. The van der Waals surface area contributed by atoms with Gasteiger partial charge in [0.2, 0.25) is 5.28 Å². The van der Waals surface area contributed by atoms with Gasteiger partial charge in [0.1, 0.15) is 5.75 Å². The molecule has 0 saturated heterocycles. The summed E-state index contributed by atoms with van der Waals surface area (Å²) in [6.45, 7) is 0.451. The van der Waals surface area contributed by atoms with E-state index in [-0.39, 0.29) is 5.91 Å². The van der Waals surface area contributed by atoms with Crippen LogP contribution in [0, 0.1) is 0 Å². The van der Waals surface area contributed by atoms with Gasteiger partial charge in [-0.3, -0.25) is 4.79 Å². The van der Waals surface area contributed by atoms with Crippen LogP contribution in [0.2, 0.25) is 5.28 Å². The zero-order valence-corrected chi connectivity index (χ0v) is 13.6. The average molecular weight is 330 g/mol. The van der Waals surface area contributed by atoms with Crippen LogP contribution in [0.3, 0.4) is 0 Å². The fourth-order valence-electron chi connectivity index (χ4n) is 2.33. The van der Waals surface area contributed by atoms with Crippen LogP contribution in [0.25, 0.3) is 11.0 Å². The molecule has 1 aromatic heterocycles. The van der Waals surface area contributed by atoms with E-state index in [1.54, 1.807) is 29.9 Å². The van der Waals surface area contributed by atoms with Gasteiger partial charge in [-0.2, -0.15) is 0 Å². The number of hydrogen-bond acceptors (Lipinski definition) is 3. The Balaban J connectivity index is 1.73. The van der Waals surface area contributed by atoms with Gasteiger partial charge < -0.3 is 14.6 Å². The topological polar surface area (TPSA) is 56.1 Å². The molecule has 1 amide bonds. The third-order valence-corrected chi connectivity index (χ3v) is 4.04. The number of benzene rings is 2. The predicted octanol–water partition coefficient (Wildman–Crippen LogP) is 3.17. The van der Waals surface area contributed by atoms with Crippen LogP contribution in [0.15, 0.2) is 42.5 Å². The predicted molar refractivity (Wildman–Crippen MR) is 89.9 cm³/mol. The van der Waals surface area contributed by atoms with Gasteiger partial charge in [-0.25, -0.2) is 4.98 Å². The largest absolute Gasteiger partial charge is 0.497 e. The molecule has 1 N–H and O–H groups in total. The molecule has 23 heavy (non-hydrogen) atoms. The van der Waals surface area contributed by atoms with Crippen LogP contribution in [0.1, 0.15) is 15.9 Å². The molecule has 0 unspecified atom stereocenters. The molecular formula is C17H16ClN3O2. The zero-order chi connectivity index (χ0) is 16.4. The van der Waals surface area contributed by atoms with E-state index in [0.29, 0.717) is 17.4 Å². The molecular weight excluding hydrogens is 314 g/mol. The second-order valence-electron chi connectivity index (χ2n) is 5.17. The molecule has 5 nitrogen and oxygen atoms in total. The number of aromatic nitrogens is 2. The third kappa shape index (κ3) is 3.14. The summed E-state index contributed by atoms with van der Waals surface area (Å²) in [6, 6.07) is 12.9. The minimum atomic E-state index is -0.139. The van der Waals surface area contributed by atoms with E-state index in [1.807, 2.05) is 31.3 Å². The summed E-state index contributed by atoms with van der Waals surface area (Å²) in [4.78, 5) is 16.5. The number of hydrogen-bond donors (Lipinski definition) is 1. The van der Waals surface area contributed by atoms with Crippen molar-refractivity contribution in [1.29, 1.82) is 0 Å². The summed E-state index contributed by atoms with van der Waals surface area (Å²) >= 11 is 5.99. The van der Waals surface area contributed by atoms with Gasteiger partial charge in [-0.05, 0) is 47.5 Å². The molecule has 6 heteroatoms. The molecule has 2 aromatic carbocycles. The molecule has 0 radical (unpaired) electrons. The molecule has 0 saturated carbocycles. The van der Waals surface area contributed by atoms with Gasteiger partial charge in [-0.1, -0.05) is 12.1 Å². The molecule has 3 rings (SSSR count). The second-order valence-corrected chi connectivity index (χ2v) is 5.51. The Kier molecular flexibility index (Phi) is 4.21. The Morgan fingerprint density at radius 3 is 2.70 bits per heavy atom. The number of nitrogens with zero attached hydrogens (tertiary/aromatic N) is 2. The summed E-state index contributed by atoms with van der Waals surface area (Å²) in [5.41, 5.74) is 3.17. The Hall–Kier alpha value is -2.53. The lowest BCUT2D eigenvalue weighted by molar-refractivity contribution is 0.0951. The molecule has 0 spiro atoms. The highest BCUT2D eigenvalue weighted by Gasteiger charge is 2.10. The minimum Gasteiger partial charge on any atom is -0.497 e. The van der Waals surface area contributed by atoms with E-state index < -0.39 is 0 Å². The van der Waals surface area contributed by atoms with Crippen molar-refractivity contribution in [2.45, 2.75) is 6.54 Å². The van der Waals surface area contributed by atoms with Crippen LogP contribution >= 0.6 is 11.6 Å². The number of carbonyl (C=O) groups excluding carboxylic acids is 1. The van der Waals surface area contributed by atoms with Crippen molar-refractivity contribution in [1.82, 2.24) is 14.9 Å². The lowest BCUT2D eigenvalue weighted by Gasteiger charge is -2.07. The van der Waals surface area contributed by atoms with Crippen molar-refractivity contribution in [3.63, 3.8) is 0 Å². The Morgan fingerprint density at radius 2 is 2.00 bits per heavy atom. The van der Waals surface area contributed by atoms with E-state index in [0.717, 1.165) is 22.3 Å². The standard InChI is InChI=1S/C17H16ClN3O2/c1-21-15-9-12(5-8-14(15)20-17(21)18)16(22)19-10-11-3-6-13(23-2)7-4-11/h3-9H,10H2,1-2H3,(H,19,22). The van der Waals surface area contributed by atoms with Crippen molar-refractivity contribution in [2.24, 2.45) is 7.05 Å². The molecule has 118 valence electrons. The van der Waals surface area contributed by atoms with Gasteiger partial charge in [0, 0.05) is 19.2 Å². The number of carbonyl (C=O) groups is 1. The van der Waals surface area contributed by atoms with Gasteiger partial charge in [0.25, 0.3) is 5.91 Å². The number of nitrogens with one attached hydrogen (secondary N) is 1. The van der Waals surface area contributed by atoms with E-state index in [1.165, 1.54) is 0 Å². The van der Waals surface area contributed by atoms with Crippen LogP contribution in [-0.4, -0.2) is 22.6 Å². The van der Waals surface area contributed by atoms with Gasteiger partial charge >= 0.3 is 0 Å². The molecule has 0 aliphatic heterocycles. The summed E-state index contributed by atoms with van der Waals surface area (Å²) in [6.07, 6.45) is 0. The lowest BCUT2D eigenvalue weighted by Crippen LogP contribution is -2.22. The first-order chi connectivity index (χ1) is 11.1. The van der Waals surface area contributed by atoms with Gasteiger partial charge in [-0.15, -0.1) is 0 Å². The zero-order valence-electron chi connectivity index (χ0n) is 12.8. The highest BCUT2D eigenvalue weighted by Crippen LogP contribution is 2.19. The molecule has 0 aliphatic rings. The van der Waals surface area contributed by atoms with Gasteiger partial charge in [0.05, 0.1) is 18.1 Å². The van der Waals surface area contributed by atoms with Crippen molar-refractivity contribution in [3.05, 3.63) is 58.9 Å². The first-order valence-electron chi connectivity index (χ1n) is 7.11. The highest BCUT2D eigenvalue weighted by molar-refractivity contribution is 6.29. The van der Waals surface area contributed by atoms with E-state index in [4.69, 9.17) is 16.3 Å². The van der Waals surface area contributed by atoms with E-state index in [2.05, 4.69) is 10.3 Å². The number of imidazole rings is 1. The molecule has 3 aromatic rings. The lowest BCUT2D eigenvalue weighted by atomic mass is 10.1. The quantitative estimate of drug-likeness (QED) is 0.800. The minimum absolute atomic E-state index is 0.139. The van der Waals surface area contributed by atoms with Crippen molar-refractivity contribution in [2.75, 3.05) is 7.11 Å². The highest BCUT2D eigenvalue weighted by atomic mass is 35.5. The first kappa shape index (κ1) is 15.4. The number of methoxy groups -OCH3 is 1. The normalized spacial score (nSPS) is 10.7. The monoisotopic (exact) mass is 329 g/mol. The Labute approximate surface area is 138 Å². The molecule has 0 aliphatic carbocycles. The van der Waals surface area contributed by atoms with Crippen LogP contribution in [-0.2, 0) is 13.6 Å². The van der Waals surface area contributed by atoms with Crippen LogP contribution in [0.5, 0.6) is 5.75 Å². The third-order valence-electron chi connectivity index (χ3n) is 3.70. The smallest absolute Gasteiger partial charge is 0.251 e. The van der Waals surface area contributed by atoms with Crippen LogP contribution in [0.4, 0.5) is 0 Å². The summed E-state index contributed by atoms with van der Waals surface area (Å²) in [5, 5.41) is 3.30. The van der Waals surface area contributed by atoms with Crippen molar-refractivity contribution in [3.8, 4) is 5.75 Å². The number of rotatable bonds is 4. The number of amides is 1. The number of halogens is 1. The Bertz CT molecular complexity index is 856. The van der Waals surface area contributed by atoms with Gasteiger partial charge in [0.15, 0.2) is 0 Å². The maximum absolute atomic E-state index is 12.3. The number of fused-ring (bicyclic) bond motifs is 1. The second kappa shape index (κ2) is 6.30. The average Bonchev–Trinajstić information content (AvgIpc) is 2.87. The SMILES string of the molecule is COc1ccc(CNC(=O)c2ccc3nc(Cl)n(C)c3c2)cc1. The van der Waals surface area contributed by atoms with E-state index >= 15 is 0 Å². The molecule has 0 atom stereocenters. The summed E-state index contributed by atoms with van der Waals surface area (Å²) < 4.78 is 6.86. The Morgan fingerprint density at radius 1 is 1.26 bits per heavy atom. The van der Waals surface area contributed by atoms with Crippen LogP contribution < -0.4 is 10.1 Å². The number of aryl methyl sites for hydroxylation is 1. The summed E-state index contributed by atoms with van der Waals surface area (Å²) in [7, 11) is 3.44. The van der Waals surface area contributed by atoms with Crippen molar-refractivity contribution >= 4 is 28.5 Å². The maximum Gasteiger partial charge on any atom is 0.251 e. The fourth-order valence-corrected chi connectivity index (χ4v) is 2.51. The van der Waals surface area contributed by atoms with Crippen molar-refractivity contribution < 1.29 is 9.53 Å². The maximum atomic E-state index is 12.3. The molecule has 0 bridgehead atoms. The molecule has 1 heterocycles. The fraction of sp³-hybridized carbons (Fsp3) is 0.176. The molecule has 0 fully saturated rings. The first-order valence-corrected chi connectivity index (χ1v) is 7.49.